The molecule has 0 radical (unpaired) electrons. The van der Waals surface area contributed by atoms with Gasteiger partial charge in [-0.3, -0.25) is 20.4 Å². The van der Waals surface area contributed by atoms with Gasteiger partial charge in [-0.2, -0.15) is 0 Å². The summed E-state index contributed by atoms with van der Waals surface area (Å²) < 4.78 is 10.3. The third-order valence-corrected chi connectivity index (χ3v) is 5.29. The number of ether oxygens (including phenoxy) is 2. The molecule has 0 aliphatic heterocycles. The summed E-state index contributed by atoms with van der Waals surface area (Å²) in [5.74, 6) is 2.50. The molecule has 6 nitrogen and oxygen atoms in total. The van der Waals surface area contributed by atoms with Crippen molar-refractivity contribution < 1.29 is 19.1 Å². The molecule has 0 spiro atoms. The number of carbonyl (C=O) groups excluding carboxylic acids is 2. The van der Waals surface area contributed by atoms with Crippen molar-refractivity contribution in [3.63, 3.8) is 0 Å². The predicted octanol–water partition coefficient (Wildman–Crippen LogP) is 2.29. The number of carbonyl (C=O) groups is 2. The number of hydrazine groups is 1. The third-order valence-electron chi connectivity index (χ3n) is 5.29. The maximum Gasteiger partial charge on any atom is 0.269 e. The maximum absolute atomic E-state index is 12.2. The van der Waals surface area contributed by atoms with Gasteiger partial charge in [-0.15, -0.1) is 0 Å². The van der Waals surface area contributed by atoms with E-state index in [2.05, 4.69) is 10.9 Å². The summed E-state index contributed by atoms with van der Waals surface area (Å²) in [6.45, 7) is 0. The molecule has 2 N–H and O–H groups in total. The Morgan fingerprint density at radius 1 is 1.08 bits per heavy atom. The van der Waals surface area contributed by atoms with Crippen LogP contribution in [0.1, 0.15) is 42.5 Å². The van der Waals surface area contributed by atoms with Crippen LogP contribution >= 0.6 is 0 Å². The molecule has 1 aromatic rings. The van der Waals surface area contributed by atoms with E-state index in [0.29, 0.717) is 35.3 Å². The van der Waals surface area contributed by atoms with Crippen LogP contribution in [0.4, 0.5) is 0 Å². The summed E-state index contributed by atoms with van der Waals surface area (Å²) in [7, 11) is 3.05. The second-order valence-corrected chi connectivity index (χ2v) is 6.71. The van der Waals surface area contributed by atoms with Crippen molar-refractivity contribution >= 4 is 11.8 Å². The molecule has 0 saturated heterocycles. The lowest BCUT2D eigenvalue weighted by molar-refractivity contribution is -0.123. The van der Waals surface area contributed by atoms with Gasteiger partial charge in [-0.05, 0) is 55.2 Å². The lowest BCUT2D eigenvalue weighted by Gasteiger charge is -2.20. The van der Waals surface area contributed by atoms with Crippen LogP contribution in [0.25, 0.3) is 0 Å². The molecule has 3 unspecified atom stereocenters. The number of amides is 2. The fraction of sp³-hybridized carbons (Fsp3) is 0.556. The Morgan fingerprint density at radius 2 is 1.88 bits per heavy atom. The van der Waals surface area contributed by atoms with E-state index < -0.39 is 0 Å². The molecule has 2 fully saturated rings. The van der Waals surface area contributed by atoms with E-state index in [1.807, 2.05) is 0 Å². The molecule has 3 atom stereocenters. The largest absolute Gasteiger partial charge is 0.493 e. The first-order chi connectivity index (χ1) is 11.6. The Hall–Kier alpha value is -2.24. The smallest absolute Gasteiger partial charge is 0.269 e. The number of methoxy groups -OCH3 is 2. The summed E-state index contributed by atoms with van der Waals surface area (Å²) in [4.78, 5) is 24.2. The molecule has 3 rings (SSSR count). The van der Waals surface area contributed by atoms with Gasteiger partial charge in [0.25, 0.3) is 5.91 Å². The van der Waals surface area contributed by atoms with Crippen LogP contribution in [0.2, 0.25) is 0 Å². The number of fused-ring (bicyclic) bond motifs is 2. The number of hydrogen-bond acceptors (Lipinski definition) is 4. The zero-order valence-corrected chi connectivity index (χ0v) is 14.1. The molecule has 2 saturated carbocycles. The molecule has 2 aliphatic rings. The predicted molar refractivity (Wildman–Crippen MR) is 88.7 cm³/mol. The lowest BCUT2D eigenvalue weighted by Crippen LogP contribution is -2.42. The Labute approximate surface area is 141 Å². The number of hydrogen-bond donors (Lipinski definition) is 2. The fourth-order valence-corrected chi connectivity index (χ4v) is 4.09. The first kappa shape index (κ1) is 16.6. The highest BCUT2D eigenvalue weighted by Gasteiger charge is 2.40. The highest BCUT2D eigenvalue weighted by molar-refractivity contribution is 5.96. The van der Waals surface area contributed by atoms with Crippen LogP contribution in [0, 0.1) is 17.8 Å². The zero-order valence-electron chi connectivity index (χ0n) is 14.1. The molecule has 2 bridgehead atoms. The van der Waals surface area contributed by atoms with Crippen molar-refractivity contribution in [2.45, 2.75) is 32.1 Å². The minimum Gasteiger partial charge on any atom is -0.493 e. The Kier molecular flexibility index (Phi) is 4.92. The Balaban J connectivity index is 1.50. The SMILES string of the molecule is COc1ccc(C(=O)NNC(=O)CC2CC3CCC2C3)cc1OC. The van der Waals surface area contributed by atoms with Crippen LogP contribution < -0.4 is 20.3 Å². The molecule has 2 aliphatic carbocycles. The molecular formula is C18H24N2O4. The second kappa shape index (κ2) is 7.11. The maximum atomic E-state index is 12.2. The van der Waals surface area contributed by atoms with E-state index in [1.165, 1.54) is 33.5 Å². The monoisotopic (exact) mass is 332 g/mol. The number of nitrogens with one attached hydrogen (secondary N) is 2. The van der Waals surface area contributed by atoms with Crippen LogP contribution in [0.3, 0.4) is 0 Å². The van der Waals surface area contributed by atoms with Gasteiger partial charge < -0.3 is 9.47 Å². The van der Waals surface area contributed by atoms with Gasteiger partial charge in [0.2, 0.25) is 5.91 Å². The van der Waals surface area contributed by atoms with E-state index in [9.17, 15) is 9.59 Å². The highest BCUT2D eigenvalue weighted by atomic mass is 16.5. The summed E-state index contributed by atoms with van der Waals surface area (Å²) in [5, 5.41) is 0. The first-order valence-corrected chi connectivity index (χ1v) is 8.42. The van der Waals surface area contributed by atoms with Crippen molar-refractivity contribution in [2.24, 2.45) is 17.8 Å². The van der Waals surface area contributed by atoms with Crippen molar-refractivity contribution in [2.75, 3.05) is 14.2 Å². The molecule has 6 heteroatoms. The van der Waals surface area contributed by atoms with E-state index in [4.69, 9.17) is 9.47 Å². The lowest BCUT2D eigenvalue weighted by atomic mass is 9.86. The first-order valence-electron chi connectivity index (χ1n) is 8.42. The summed E-state index contributed by atoms with van der Waals surface area (Å²) in [5.41, 5.74) is 5.39. The topological polar surface area (TPSA) is 76.7 Å². The van der Waals surface area contributed by atoms with Crippen molar-refractivity contribution in [3.05, 3.63) is 23.8 Å². The minimum atomic E-state index is -0.378. The molecule has 0 aromatic heterocycles. The summed E-state index contributed by atoms with van der Waals surface area (Å²) in [6.07, 6.45) is 5.49. The third kappa shape index (κ3) is 3.47. The van der Waals surface area contributed by atoms with E-state index >= 15 is 0 Å². The van der Waals surface area contributed by atoms with E-state index in [0.717, 1.165) is 12.3 Å². The minimum absolute atomic E-state index is 0.124. The van der Waals surface area contributed by atoms with Gasteiger partial charge >= 0.3 is 0 Å². The van der Waals surface area contributed by atoms with Crippen molar-refractivity contribution in [3.8, 4) is 11.5 Å². The second-order valence-electron chi connectivity index (χ2n) is 6.71. The van der Waals surface area contributed by atoms with Gasteiger partial charge in [-0.25, -0.2) is 0 Å². The normalized spacial score (nSPS) is 24.5. The van der Waals surface area contributed by atoms with Crippen LogP contribution in [0.5, 0.6) is 11.5 Å². The van der Waals surface area contributed by atoms with Gasteiger partial charge in [-0.1, -0.05) is 6.42 Å². The average Bonchev–Trinajstić information content (AvgIpc) is 3.21. The molecule has 1 aromatic carbocycles. The Morgan fingerprint density at radius 3 is 2.50 bits per heavy atom. The molecule has 24 heavy (non-hydrogen) atoms. The van der Waals surface area contributed by atoms with Crippen molar-refractivity contribution in [1.82, 2.24) is 10.9 Å². The summed E-state index contributed by atoms with van der Waals surface area (Å²) in [6, 6.07) is 4.86. The fourth-order valence-electron chi connectivity index (χ4n) is 4.09. The molecule has 2 amide bonds. The quantitative estimate of drug-likeness (QED) is 0.811. The van der Waals surface area contributed by atoms with Gasteiger partial charge in [0, 0.05) is 12.0 Å². The van der Waals surface area contributed by atoms with Crippen LogP contribution in [-0.4, -0.2) is 26.0 Å². The van der Waals surface area contributed by atoms with Gasteiger partial charge in [0.15, 0.2) is 11.5 Å². The zero-order chi connectivity index (χ0) is 17.1. The van der Waals surface area contributed by atoms with Gasteiger partial charge in [0.1, 0.15) is 0 Å². The van der Waals surface area contributed by atoms with Gasteiger partial charge in [0.05, 0.1) is 14.2 Å². The van der Waals surface area contributed by atoms with Crippen LogP contribution in [-0.2, 0) is 4.79 Å². The van der Waals surface area contributed by atoms with Crippen LogP contribution in [0.15, 0.2) is 18.2 Å². The molecular weight excluding hydrogens is 308 g/mol. The molecule has 0 heterocycles. The standard InChI is InChI=1S/C18H24N2O4/c1-23-15-6-5-13(9-16(15)24-2)18(22)20-19-17(21)10-14-8-11-3-4-12(14)7-11/h5-6,9,11-12,14H,3-4,7-8,10H2,1-2H3,(H,19,21)(H,20,22). The highest BCUT2D eigenvalue weighted by Crippen LogP contribution is 2.49. The van der Waals surface area contributed by atoms with Crippen molar-refractivity contribution in [1.29, 1.82) is 0 Å². The van der Waals surface area contributed by atoms with E-state index in [1.54, 1.807) is 18.2 Å². The number of benzene rings is 1. The Bertz CT molecular complexity index is 631. The number of rotatable bonds is 5. The average molecular weight is 332 g/mol. The van der Waals surface area contributed by atoms with E-state index in [-0.39, 0.29) is 11.8 Å². The molecule has 130 valence electrons. The summed E-state index contributed by atoms with van der Waals surface area (Å²) >= 11 is 0.